The zero-order valence-electron chi connectivity index (χ0n) is 41.3. The summed E-state index contributed by atoms with van der Waals surface area (Å²) < 4.78 is 20.5. The van der Waals surface area contributed by atoms with Gasteiger partial charge in [-0.2, -0.15) is 0 Å². The summed E-state index contributed by atoms with van der Waals surface area (Å²) in [6.07, 6.45) is 23.6. The Morgan fingerprint density at radius 2 is 1.36 bits per heavy atom. The predicted octanol–water partition coefficient (Wildman–Crippen LogP) is 9.63. The van der Waals surface area contributed by atoms with Crippen molar-refractivity contribution < 1.29 is 33.7 Å². The molecule has 7 N–H and O–H groups in total. The van der Waals surface area contributed by atoms with E-state index in [0.29, 0.717) is 80.8 Å². The van der Waals surface area contributed by atoms with Gasteiger partial charge in [-0.15, -0.1) is 6.58 Å². The van der Waals surface area contributed by atoms with Gasteiger partial charge in [-0.05, 0) is 144 Å². The number of amides is 2. The minimum Gasteiger partial charge on any atom is -0.478 e. The summed E-state index contributed by atoms with van der Waals surface area (Å²) in [6, 6.07) is 0. The SMILES string of the molecule is C.C.C=CC(=O)O.C=CCN(CC(=O)N(CCCCCCCC)CCC[C@@H](C)[C@H]1CC[C@H]2C3[C@H](OCCCN)CC4C[C@H](OCCCN)CC[C@]4(C)[C@H]3C[C@H](OCCCN)[C@]12C)C(=O)CC. The number of ether oxygens (including phenoxy) is 3. The monoisotopic (exact) mass is 934 g/mol. The Bertz CT molecular complexity index is 1390. The minimum atomic E-state index is -0.981. The molecule has 0 bridgehead atoms. The molecule has 2 amide bonds. The minimum absolute atomic E-state index is 0. The molecule has 4 aliphatic rings. The highest BCUT2D eigenvalue weighted by atomic mass is 16.5. The summed E-state index contributed by atoms with van der Waals surface area (Å²) in [6.45, 7) is 24.8. The number of carboxylic acids is 1. The molecule has 0 spiro atoms. The van der Waals surface area contributed by atoms with E-state index in [9.17, 15) is 14.4 Å². The van der Waals surface area contributed by atoms with Gasteiger partial charge in [0.05, 0.1) is 18.3 Å². The van der Waals surface area contributed by atoms with Crippen molar-refractivity contribution in [2.24, 2.45) is 63.5 Å². The maximum atomic E-state index is 13.9. The number of carboxylic acid groups (broad SMARTS) is 1. The van der Waals surface area contributed by atoms with Gasteiger partial charge < -0.3 is 46.3 Å². The van der Waals surface area contributed by atoms with Gasteiger partial charge in [-0.1, -0.05) is 94.2 Å². The van der Waals surface area contributed by atoms with Crippen LogP contribution in [0.4, 0.5) is 0 Å². The normalized spacial score (nSPS) is 29.0. The van der Waals surface area contributed by atoms with E-state index >= 15 is 0 Å². The van der Waals surface area contributed by atoms with Crippen LogP contribution in [0.25, 0.3) is 0 Å². The van der Waals surface area contributed by atoms with E-state index in [2.05, 4.69) is 45.8 Å². The van der Waals surface area contributed by atoms with Crippen LogP contribution in [-0.2, 0) is 28.6 Å². The van der Waals surface area contributed by atoms with E-state index in [-0.39, 0.29) is 56.3 Å². The van der Waals surface area contributed by atoms with Crippen molar-refractivity contribution in [1.29, 1.82) is 0 Å². The molecule has 66 heavy (non-hydrogen) atoms. The van der Waals surface area contributed by atoms with E-state index in [4.69, 9.17) is 36.5 Å². The first-order valence-electron chi connectivity index (χ1n) is 25.8. The molecule has 0 radical (unpaired) electrons. The first-order valence-corrected chi connectivity index (χ1v) is 25.8. The molecule has 0 aromatic rings. The fourth-order valence-electron chi connectivity index (χ4n) is 12.7. The first-order chi connectivity index (χ1) is 30.8. The molecule has 4 fully saturated rings. The number of carbonyl (C=O) groups excluding carboxylic acids is 2. The van der Waals surface area contributed by atoms with E-state index in [1.807, 2.05) is 6.92 Å². The molecule has 4 aliphatic carbocycles. The molecule has 12 heteroatoms. The summed E-state index contributed by atoms with van der Waals surface area (Å²) in [5, 5.41) is 7.60. The molecule has 4 saturated carbocycles. The highest BCUT2D eigenvalue weighted by Crippen LogP contribution is 2.69. The molecule has 386 valence electrons. The molecule has 0 aromatic heterocycles. The van der Waals surface area contributed by atoms with Crippen molar-refractivity contribution >= 4 is 17.8 Å². The smallest absolute Gasteiger partial charge is 0.327 e. The van der Waals surface area contributed by atoms with Crippen LogP contribution in [0.1, 0.15) is 171 Å². The molecular weight excluding hydrogens is 831 g/mol. The number of aliphatic carboxylic acids is 1. The first kappa shape index (κ1) is 61.7. The molecule has 4 rings (SSSR count). The van der Waals surface area contributed by atoms with Gasteiger partial charge in [-0.3, -0.25) is 9.59 Å². The fourth-order valence-corrected chi connectivity index (χ4v) is 12.7. The van der Waals surface area contributed by atoms with Gasteiger partial charge in [0.2, 0.25) is 11.8 Å². The third-order valence-corrected chi connectivity index (χ3v) is 16.2. The molecule has 0 heterocycles. The highest BCUT2D eigenvalue weighted by molar-refractivity contribution is 5.84. The Morgan fingerprint density at radius 3 is 1.97 bits per heavy atom. The quantitative estimate of drug-likeness (QED) is 0.0307. The molecule has 0 aliphatic heterocycles. The van der Waals surface area contributed by atoms with E-state index in [1.165, 1.54) is 44.9 Å². The van der Waals surface area contributed by atoms with Crippen LogP contribution in [0.2, 0.25) is 0 Å². The number of fused-ring (bicyclic) bond motifs is 5. The Kier molecular flexibility index (Phi) is 30.3. The molecule has 12 nitrogen and oxygen atoms in total. The van der Waals surface area contributed by atoms with Crippen molar-refractivity contribution in [3.63, 3.8) is 0 Å². The van der Waals surface area contributed by atoms with Crippen molar-refractivity contribution in [1.82, 2.24) is 9.80 Å². The number of carbonyl (C=O) groups is 3. The number of hydrogen-bond donors (Lipinski definition) is 4. The van der Waals surface area contributed by atoms with Crippen LogP contribution in [0.15, 0.2) is 25.3 Å². The van der Waals surface area contributed by atoms with Crippen molar-refractivity contribution in [2.75, 3.05) is 65.6 Å². The largest absolute Gasteiger partial charge is 0.478 e. The van der Waals surface area contributed by atoms with Crippen molar-refractivity contribution in [3.05, 3.63) is 25.3 Å². The van der Waals surface area contributed by atoms with Gasteiger partial charge in [0.25, 0.3) is 0 Å². The summed E-state index contributed by atoms with van der Waals surface area (Å²) in [5.41, 5.74) is 18.2. The summed E-state index contributed by atoms with van der Waals surface area (Å²) in [7, 11) is 0. The van der Waals surface area contributed by atoms with Gasteiger partial charge in [0.1, 0.15) is 6.54 Å². The number of nitrogens with two attached hydrogens (primary N) is 3. The van der Waals surface area contributed by atoms with Crippen molar-refractivity contribution in [3.8, 4) is 0 Å². The fraction of sp³-hybridized carbons (Fsp3) is 0.870. The Morgan fingerprint density at radius 1 is 0.758 bits per heavy atom. The van der Waals surface area contributed by atoms with E-state index < -0.39 is 5.97 Å². The average molecular weight is 934 g/mol. The van der Waals surface area contributed by atoms with Crippen LogP contribution in [-0.4, -0.2) is 117 Å². The molecule has 0 aromatic carbocycles. The molecular formula is C54H103N5O7. The average Bonchev–Trinajstić information content (AvgIpc) is 3.65. The second-order valence-electron chi connectivity index (χ2n) is 20.2. The second-order valence-corrected chi connectivity index (χ2v) is 20.2. The summed E-state index contributed by atoms with van der Waals surface area (Å²) in [4.78, 5) is 39.6. The van der Waals surface area contributed by atoms with Crippen LogP contribution in [0.5, 0.6) is 0 Å². The lowest BCUT2D eigenvalue weighted by molar-refractivity contribution is -0.227. The van der Waals surface area contributed by atoms with E-state index in [1.54, 1.807) is 11.0 Å². The van der Waals surface area contributed by atoms with Gasteiger partial charge >= 0.3 is 5.97 Å². The lowest BCUT2D eigenvalue weighted by atomic mass is 9.43. The Balaban J connectivity index is 0.00000294. The molecule has 0 saturated heterocycles. The topological polar surface area (TPSA) is 184 Å². The zero-order chi connectivity index (χ0) is 47.1. The predicted molar refractivity (Wildman–Crippen MR) is 273 cm³/mol. The third-order valence-electron chi connectivity index (χ3n) is 16.2. The lowest BCUT2D eigenvalue weighted by Gasteiger charge is -2.65. The number of rotatable bonds is 30. The third kappa shape index (κ3) is 17.3. The number of hydrogen-bond acceptors (Lipinski definition) is 9. The summed E-state index contributed by atoms with van der Waals surface area (Å²) >= 11 is 0. The number of unbranched alkanes of at least 4 members (excludes halogenated alkanes) is 5. The number of nitrogens with zero attached hydrogens (tertiary/aromatic N) is 2. The zero-order valence-corrected chi connectivity index (χ0v) is 41.3. The molecule has 11 atom stereocenters. The van der Waals surface area contributed by atoms with Crippen LogP contribution in [0.3, 0.4) is 0 Å². The Hall–Kier alpha value is -2.35. The highest BCUT2D eigenvalue weighted by Gasteiger charge is 2.66. The van der Waals surface area contributed by atoms with Gasteiger partial charge in [0.15, 0.2) is 0 Å². The van der Waals surface area contributed by atoms with Crippen LogP contribution < -0.4 is 17.2 Å². The maximum absolute atomic E-state index is 13.9. The van der Waals surface area contributed by atoms with Crippen LogP contribution in [0, 0.1) is 46.3 Å². The second kappa shape index (κ2) is 32.5. The Labute approximate surface area is 404 Å². The van der Waals surface area contributed by atoms with E-state index in [0.717, 1.165) is 103 Å². The van der Waals surface area contributed by atoms with Crippen molar-refractivity contribution in [2.45, 2.75) is 190 Å². The lowest BCUT2D eigenvalue weighted by Crippen LogP contribution is -2.63. The maximum Gasteiger partial charge on any atom is 0.327 e. The van der Waals surface area contributed by atoms with Gasteiger partial charge in [-0.25, -0.2) is 4.79 Å². The van der Waals surface area contributed by atoms with Crippen LogP contribution >= 0.6 is 0 Å². The van der Waals surface area contributed by atoms with Gasteiger partial charge in [0, 0.05) is 57.4 Å². The molecule has 2 unspecified atom stereocenters. The standard InChI is InChI=1S/C49H91N5O5.C3H4O2.2CH4/c1-7-10-11-12-13-14-28-53(46(56)36-54(27-8-2)45(55)9-3)29-15-19-37(4)40-20-21-41-47-42(35-44(49(40,41)6)59-32-18-26-52)48(5)23-22-39(57-30-16-24-50)33-38(48)34-43(47)58-31-17-25-51;1-2-3(4)5;;/h8,37-44,47H,2,7,9-36,50-52H2,1,3-6H3;2H,1H2,(H,4,5);2*1H4/t37-,38?,39-,40-,41+,42+,43-,44+,47?,48+,49-;;;/m1.../s1. The summed E-state index contributed by atoms with van der Waals surface area (Å²) in [5.74, 6) is 2.28.